The number of nitrogens with two attached hydrogens (primary N) is 1. The molecular formula is C11H12N2. The predicted molar refractivity (Wildman–Crippen MR) is 51.0 cm³/mol. The number of benzene rings is 1. The van der Waals surface area contributed by atoms with Crippen LogP contribution in [0.15, 0.2) is 18.2 Å². The zero-order valence-electron chi connectivity index (χ0n) is 7.46. The van der Waals surface area contributed by atoms with E-state index in [-0.39, 0.29) is 0 Å². The van der Waals surface area contributed by atoms with E-state index < -0.39 is 0 Å². The lowest BCUT2D eigenvalue weighted by Crippen LogP contribution is -1.98. The largest absolute Gasteiger partial charge is 0.326 e. The van der Waals surface area contributed by atoms with Crippen molar-refractivity contribution in [1.82, 2.24) is 0 Å². The maximum atomic E-state index is 8.88. The monoisotopic (exact) mass is 172 g/mol. The van der Waals surface area contributed by atoms with Gasteiger partial charge in [0.05, 0.1) is 11.6 Å². The average molecular weight is 172 g/mol. The van der Waals surface area contributed by atoms with Crippen LogP contribution in [-0.4, -0.2) is 0 Å². The Kier molecular flexibility index (Phi) is 2.03. The highest BCUT2D eigenvalue weighted by Gasteiger charge is 2.26. The smallest absolute Gasteiger partial charge is 0.0994 e. The van der Waals surface area contributed by atoms with E-state index in [9.17, 15) is 0 Å². The lowest BCUT2D eigenvalue weighted by atomic mass is 10.0. The Bertz CT molecular complexity index is 359. The van der Waals surface area contributed by atoms with Crippen LogP contribution in [0, 0.1) is 11.3 Å². The summed E-state index contributed by atoms with van der Waals surface area (Å²) < 4.78 is 0. The third-order valence-corrected chi connectivity index (χ3v) is 2.49. The van der Waals surface area contributed by atoms with Crippen LogP contribution in [0.25, 0.3) is 0 Å². The van der Waals surface area contributed by atoms with Crippen LogP contribution in [-0.2, 0) is 6.54 Å². The van der Waals surface area contributed by atoms with Crippen molar-refractivity contribution >= 4 is 0 Å². The van der Waals surface area contributed by atoms with Crippen molar-refractivity contribution < 1.29 is 0 Å². The Morgan fingerprint density at radius 2 is 2.23 bits per heavy atom. The van der Waals surface area contributed by atoms with Gasteiger partial charge in [0.2, 0.25) is 0 Å². The first kappa shape index (κ1) is 8.28. The molecule has 2 N–H and O–H groups in total. The molecule has 0 amide bonds. The van der Waals surface area contributed by atoms with Gasteiger partial charge in [-0.2, -0.15) is 5.26 Å². The van der Waals surface area contributed by atoms with E-state index in [2.05, 4.69) is 12.1 Å². The molecule has 0 aliphatic heterocycles. The second kappa shape index (κ2) is 3.20. The summed E-state index contributed by atoms with van der Waals surface area (Å²) in [6, 6.07) is 8.13. The van der Waals surface area contributed by atoms with E-state index >= 15 is 0 Å². The maximum Gasteiger partial charge on any atom is 0.0994 e. The quantitative estimate of drug-likeness (QED) is 0.740. The molecule has 0 heterocycles. The van der Waals surface area contributed by atoms with Crippen LogP contribution in [0.5, 0.6) is 0 Å². The van der Waals surface area contributed by atoms with Crippen LogP contribution >= 0.6 is 0 Å². The molecule has 0 saturated heterocycles. The maximum absolute atomic E-state index is 8.88. The number of hydrogen-bond acceptors (Lipinski definition) is 2. The molecule has 1 aliphatic rings. The number of nitriles is 1. The van der Waals surface area contributed by atoms with Gasteiger partial charge in [-0.15, -0.1) is 0 Å². The molecule has 1 aromatic carbocycles. The van der Waals surface area contributed by atoms with Crippen molar-refractivity contribution in [2.24, 2.45) is 5.73 Å². The van der Waals surface area contributed by atoms with Crippen LogP contribution in [0.4, 0.5) is 0 Å². The minimum absolute atomic E-state index is 0.561. The zero-order chi connectivity index (χ0) is 9.26. The van der Waals surface area contributed by atoms with Gasteiger partial charge in [0.15, 0.2) is 0 Å². The summed E-state index contributed by atoms with van der Waals surface area (Å²) in [7, 11) is 0. The molecule has 2 heteroatoms. The summed E-state index contributed by atoms with van der Waals surface area (Å²) in [4.78, 5) is 0. The summed E-state index contributed by atoms with van der Waals surface area (Å²) in [6.45, 7) is 0.561. The average Bonchev–Trinajstić information content (AvgIpc) is 3.00. The van der Waals surface area contributed by atoms with E-state index in [1.165, 1.54) is 18.4 Å². The zero-order valence-corrected chi connectivity index (χ0v) is 7.46. The van der Waals surface area contributed by atoms with Crippen molar-refractivity contribution in [2.75, 3.05) is 0 Å². The predicted octanol–water partition coefficient (Wildman–Crippen LogP) is 1.89. The van der Waals surface area contributed by atoms with Gasteiger partial charge >= 0.3 is 0 Å². The van der Waals surface area contributed by atoms with E-state index in [0.717, 1.165) is 11.1 Å². The summed E-state index contributed by atoms with van der Waals surface area (Å²) in [6.07, 6.45) is 2.45. The molecule has 1 aliphatic carbocycles. The molecular weight excluding hydrogens is 160 g/mol. The van der Waals surface area contributed by atoms with Crippen LogP contribution < -0.4 is 5.73 Å². The van der Waals surface area contributed by atoms with E-state index in [4.69, 9.17) is 11.0 Å². The Morgan fingerprint density at radius 1 is 1.46 bits per heavy atom. The van der Waals surface area contributed by atoms with Crippen LogP contribution in [0.2, 0.25) is 0 Å². The lowest BCUT2D eigenvalue weighted by Gasteiger charge is -2.03. The molecule has 0 aromatic heterocycles. The van der Waals surface area contributed by atoms with Gasteiger partial charge in [-0.3, -0.25) is 0 Å². The van der Waals surface area contributed by atoms with Crippen molar-refractivity contribution in [2.45, 2.75) is 25.3 Å². The molecule has 1 fully saturated rings. The van der Waals surface area contributed by atoms with Gasteiger partial charge in [-0.25, -0.2) is 0 Å². The molecule has 13 heavy (non-hydrogen) atoms. The highest BCUT2D eigenvalue weighted by atomic mass is 14.5. The molecule has 0 atom stereocenters. The van der Waals surface area contributed by atoms with Crippen molar-refractivity contribution in [1.29, 1.82) is 5.26 Å². The van der Waals surface area contributed by atoms with Gasteiger partial charge in [0.25, 0.3) is 0 Å². The SMILES string of the molecule is N#Cc1ccc(CN)cc1C1CC1. The second-order valence-corrected chi connectivity index (χ2v) is 3.51. The number of nitrogens with zero attached hydrogens (tertiary/aromatic N) is 1. The Labute approximate surface area is 78.0 Å². The third kappa shape index (κ3) is 1.56. The fraction of sp³-hybridized carbons (Fsp3) is 0.364. The van der Waals surface area contributed by atoms with Crippen molar-refractivity contribution in [3.63, 3.8) is 0 Å². The highest BCUT2D eigenvalue weighted by Crippen LogP contribution is 2.41. The number of hydrogen-bond donors (Lipinski definition) is 1. The first-order chi connectivity index (χ1) is 6.35. The third-order valence-electron chi connectivity index (χ3n) is 2.49. The standard InChI is InChI=1S/C11H12N2/c12-6-8-1-2-10(7-13)11(5-8)9-3-4-9/h1-2,5,9H,3-4,6,12H2. The van der Waals surface area contributed by atoms with E-state index in [0.29, 0.717) is 12.5 Å². The van der Waals surface area contributed by atoms with Crippen molar-refractivity contribution in [3.05, 3.63) is 34.9 Å². The topological polar surface area (TPSA) is 49.8 Å². The van der Waals surface area contributed by atoms with Crippen molar-refractivity contribution in [3.8, 4) is 6.07 Å². The van der Waals surface area contributed by atoms with Gasteiger partial charge in [-0.1, -0.05) is 12.1 Å². The molecule has 2 rings (SSSR count). The molecule has 0 unspecified atom stereocenters. The fourth-order valence-electron chi connectivity index (χ4n) is 1.57. The minimum atomic E-state index is 0.561. The normalized spacial score (nSPS) is 15.4. The Balaban J connectivity index is 2.42. The van der Waals surface area contributed by atoms with E-state index in [1.807, 2.05) is 12.1 Å². The van der Waals surface area contributed by atoms with Gasteiger partial charge in [-0.05, 0) is 36.0 Å². The minimum Gasteiger partial charge on any atom is -0.326 e. The molecule has 1 aromatic rings. The Morgan fingerprint density at radius 3 is 2.77 bits per heavy atom. The van der Waals surface area contributed by atoms with Gasteiger partial charge < -0.3 is 5.73 Å². The number of rotatable bonds is 2. The molecule has 0 radical (unpaired) electrons. The summed E-state index contributed by atoms with van der Waals surface area (Å²) >= 11 is 0. The summed E-state index contributed by atoms with van der Waals surface area (Å²) in [5.41, 5.74) is 8.69. The first-order valence-electron chi connectivity index (χ1n) is 4.58. The highest BCUT2D eigenvalue weighted by molar-refractivity contribution is 5.44. The van der Waals surface area contributed by atoms with Crippen LogP contribution in [0.1, 0.15) is 35.4 Å². The van der Waals surface area contributed by atoms with Crippen LogP contribution in [0.3, 0.4) is 0 Å². The lowest BCUT2D eigenvalue weighted by molar-refractivity contribution is 1.04. The van der Waals surface area contributed by atoms with E-state index in [1.54, 1.807) is 0 Å². The molecule has 66 valence electrons. The van der Waals surface area contributed by atoms with Gasteiger partial charge in [0.1, 0.15) is 0 Å². The second-order valence-electron chi connectivity index (χ2n) is 3.51. The van der Waals surface area contributed by atoms with Gasteiger partial charge in [0, 0.05) is 6.54 Å². The molecule has 0 bridgehead atoms. The summed E-state index contributed by atoms with van der Waals surface area (Å²) in [5, 5.41) is 8.88. The molecule has 0 spiro atoms. The summed E-state index contributed by atoms with van der Waals surface area (Å²) in [5.74, 6) is 0.626. The fourth-order valence-corrected chi connectivity index (χ4v) is 1.57. The molecule has 1 saturated carbocycles. The first-order valence-corrected chi connectivity index (χ1v) is 4.58. The Hall–Kier alpha value is -1.33. The molecule has 2 nitrogen and oxygen atoms in total.